The van der Waals surface area contributed by atoms with Gasteiger partial charge in [-0.05, 0) is 43.3 Å². The maximum atomic E-state index is 12.6. The monoisotopic (exact) mass is 466 g/mol. The van der Waals surface area contributed by atoms with Crippen molar-refractivity contribution < 1.29 is 13.2 Å². The molecule has 28 heavy (non-hydrogen) atoms. The summed E-state index contributed by atoms with van der Waals surface area (Å²) < 4.78 is 35.4. The second kappa shape index (κ2) is 9.13. The lowest BCUT2D eigenvalue weighted by Crippen LogP contribution is -2.29. The third kappa shape index (κ3) is 5.06. The first-order valence-electron chi connectivity index (χ1n) is 8.49. The summed E-state index contributed by atoms with van der Waals surface area (Å²) in [5.74, 6) is 1.44. The zero-order chi connectivity index (χ0) is 20.0. The Morgan fingerprint density at radius 1 is 1.18 bits per heavy atom. The molecule has 9 nitrogen and oxygen atoms in total. The number of aromatic nitrogens is 4. The van der Waals surface area contributed by atoms with E-state index in [1.165, 1.54) is 6.07 Å². The lowest BCUT2D eigenvalue weighted by Gasteiger charge is -2.12. The fourth-order valence-corrected chi connectivity index (χ4v) is 4.08. The van der Waals surface area contributed by atoms with E-state index in [1.54, 1.807) is 54.3 Å². The number of sulfonamides is 1. The predicted octanol–water partition coefficient (Wildman–Crippen LogP) is 2.21. The molecule has 1 aromatic carbocycles. The molecule has 0 aliphatic rings. The van der Waals surface area contributed by atoms with Gasteiger partial charge >= 0.3 is 0 Å². The Bertz CT molecular complexity index is 1010. The van der Waals surface area contributed by atoms with Crippen molar-refractivity contribution in [1.82, 2.24) is 24.7 Å². The molecule has 2 heterocycles. The Hall–Kier alpha value is -2.50. The van der Waals surface area contributed by atoms with Gasteiger partial charge in [0.05, 0.1) is 6.61 Å². The minimum atomic E-state index is -3.72. The third-order valence-corrected chi connectivity index (χ3v) is 5.58. The van der Waals surface area contributed by atoms with Gasteiger partial charge in [0.2, 0.25) is 10.0 Å². The molecule has 2 aromatic heterocycles. The van der Waals surface area contributed by atoms with Gasteiger partial charge in [-0.1, -0.05) is 15.9 Å². The van der Waals surface area contributed by atoms with Crippen molar-refractivity contribution in [2.45, 2.75) is 11.8 Å². The highest BCUT2D eigenvalue weighted by atomic mass is 79.9. The maximum absolute atomic E-state index is 12.6. The third-order valence-electron chi connectivity index (χ3n) is 3.61. The average Bonchev–Trinajstić information content (AvgIpc) is 3.22. The summed E-state index contributed by atoms with van der Waals surface area (Å²) >= 11 is 3.29. The largest absolute Gasteiger partial charge is 0.492 e. The van der Waals surface area contributed by atoms with Gasteiger partial charge in [-0.3, -0.25) is 0 Å². The van der Waals surface area contributed by atoms with Crippen LogP contribution in [-0.2, 0) is 10.0 Å². The molecule has 3 rings (SSSR count). The van der Waals surface area contributed by atoms with Crippen LogP contribution >= 0.6 is 15.9 Å². The number of halogens is 1. The normalized spacial score (nSPS) is 11.4. The van der Waals surface area contributed by atoms with Crippen LogP contribution in [0.1, 0.15) is 6.92 Å². The molecule has 0 aliphatic heterocycles. The highest BCUT2D eigenvalue weighted by Gasteiger charge is 2.19. The highest BCUT2D eigenvalue weighted by Crippen LogP contribution is 2.27. The van der Waals surface area contributed by atoms with Crippen molar-refractivity contribution in [2.24, 2.45) is 0 Å². The van der Waals surface area contributed by atoms with Gasteiger partial charge in [0.1, 0.15) is 16.5 Å². The Labute approximate surface area is 171 Å². The van der Waals surface area contributed by atoms with Crippen molar-refractivity contribution in [3.05, 3.63) is 53.3 Å². The van der Waals surface area contributed by atoms with Crippen molar-refractivity contribution in [3.8, 4) is 11.6 Å². The van der Waals surface area contributed by atoms with Crippen LogP contribution < -0.4 is 14.8 Å². The molecule has 11 heteroatoms. The van der Waals surface area contributed by atoms with Gasteiger partial charge in [-0.25, -0.2) is 17.8 Å². The van der Waals surface area contributed by atoms with Gasteiger partial charge in [-0.15, -0.1) is 10.2 Å². The molecule has 0 aliphatic carbocycles. The van der Waals surface area contributed by atoms with E-state index in [1.807, 2.05) is 0 Å². The number of anilines is 1. The van der Waals surface area contributed by atoms with Crippen LogP contribution in [-0.4, -0.2) is 48.1 Å². The van der Waals surface area contributed by atoms with Gasteiger partial charge in [-0.2, -0.15) is 5.10 Å². The van der Waals surface area contributed by atoms with Crippen molar-refractivity contribution in [3.63, 3.8) is 0 Å². The molecule has 0 amide bonds. The Morgan fingerprint density at radius 3 is 2.71 bits per heavy atom. The fraction of sp³-hybridized carbons (Fsp3) is 0.235. The Morgan fingerprint density at radius 2 is 2.04 bits per heavy atom. The molecule has 2 N–H and O–H groups in total. The van der Waals surface area contributed by atoms with Crippen molar-refractivity contribution >= 4 is 31.8 Å². The molecule has 0 radical (unpaired) electrons. The van der Waals surface area contributed by atoms with E-state index < -0.39 is 10.0 Å². The minimum absolute atomic E-state index is 0.0899. The van der Waals surface area contributed by atoms with Crippen LogP contribution in [0.5, 0.6) is 5.75 Å². The lowest BCUT2D eigenvalue weighted by atomic mass is 10.3. The van der Waals surface area contributed by atoms with E-state index in [0.29, 0.717) is 35.0 Å². The number of nitrogens with zero attached hydrogens (tertiary/aromatic N) is 4. The summed E-state index contributed by atoms with van der Waals surface area (Å²) in [7, 11) is -3.72. The first kappa shape index (κ1) is 20.2. The summed E-state index contributed by atoms with van der Waals surface area (Å²) in [6.45, 7) is 2.68. The topological polar surface area (TPSA) is 111 Å². The number of rotatable bonds is 9. The summed E-state index contributed by atoms with van der Waals surface area (Å²) in [6, 6.07) is 10.2. The number of hydrogen-bond donors (Lipinski definition) is 2. The predicted molar refractivity (Wildman–Crippen MR) is 108 cm³/mol. The lowest BCUT2D eigenvalue weighted by molar-refractivity contribution is 0.331. The quantitative estimate of drug-likeness (QED) is 0.465. The number of ether oxygens (including phenoxy) is 1. The molecule has 0 fully saturated rings. The summed E-state index contributed by atoms with van der Waals surface area (Å²) in [6.07, 6.45) is 3.42. The summed E-state index contributed by atoms with van der Waals surface area (Å²) in [5, 5.41) is 15.2. The Kier molecular flexibility index (Phi) is 6.60. The molecule has 0 bridgehead atoms. The van der Waals surface area contributed by atoms with Crippen molar-refractivity contribution in [2.75, 3.05) is 25.0 Å². The van der Waals surface area contributed by atoms with E-state index in [-0.39, 0.29) is 11.4 Å². The molecule has 0 spiro atoms. The molecule has 3 aromatic rings. The molecular formula is C17H19BrN6O3S. The van der Waals surface area contributed by atoms with Crippen LogP contribution in [0, 0.1) is 0 Å². The van der Waals surface area contributed by atoms with Gasteiger partial charge < -0.3 is 10.1 Å². The van der Waals surface area contributed by atoms with Gasteiger partial charge in [0, 0.05) is 30.0 Å². The molecule has 0 saturated carbocycles. The standard InChI is InChI=1S/C17H19BrN6O3S/c1-2-27-14-5-4-13(18)12-15(14)28(25,26)21-10-9-19-16-6-7-17(23-22-16)24-11-3-8-20-24/h3-8,11-12,21H,2,9-10H2,1H3,(H,19,22). The summed E-state index contributed by atoms with van der Waals surface area (Å²) in [5.41, 5.74) is 0. The SMILES string of the molecule is CCOc1ccc(Br)cc1S(=O)(=O)NCCNc1ccc(-n2cccn2)nn1. The smallest absolute Gasteiger partial charge is 0.244 e. The van der Waals surface area contributed by atoms with Gasteiger partial charge in [0.25, 0.3) is 0 Å². The average molecular weight is 467 g/mol. The minimum Gasteiger partial charge on any atom is -0.492 e. The second-order valence-corrected chi connectivity index (χ2v) is 8.23. The van der Waals surface area contributed by atoms with E-state index >= 15 is 0 Å². The molecule has 148 valence electrons. The number of hydrogen-bond acceptors (Lipinski definition) is 7. The number of nitrogens with one attached hydrogen (secondary N) is 2. The first-order chi connectivity index (χ1) is 13.5. The fourth-order valence-electron chi connectivity index (χ4n) is 2.37. The molecule has 0 saturated heterocycles. The van der Waals surface area contributed by atoms with E-state index in [2.05, 4.69) is 41.3 Å². The van der Waals surface area contributed by atoms with E-state index in [9.17, 15) is 8.42 Å². The van der Waals surface area contributed by atoms with E-state index in [0.717, 1.165) is 0 Å². The van der Waals surface area contributed by atoms with Crippen LogP contribution in [0.2, 0.25) is 0 Å². The molecule has 0 atom stereocenters. The molecular weight excluding hydrogens is 448 g/mol. The zero-order valence-electron chi connectivity index (χ0n) is 15.0. The highest BCUT2D eigenvalue weighted by molar-refractivity contribution is 9.10. The number of benzene rings is 1. The molecule has 0 unspecified atom stereocenters. The first-order valence-corrected chi connectivity index (χ1v) is 10.8. The van der Waals surface area contributed by atoms with Crippen LogP contribution in [0.25, 0.3) is 5.82 Å². The van der Waals surface area contributed by atoms with Crippen LogP contribution in [0.4, 0.5) is 5.82 Å². The van der Waals surface area contributed by atoms with Crippen molar-refractivity contribution in [1.29, 1.82) is 0 Å². The second-order valence-electron chi connectivity index (χ2n) is 5.58. The van der Waals surface area contributed by atoms with Crippen LogP contribution in [0.3, 0.4) is 0 Å². The van der Waals surface area contributed by atoms with E-state index in [4.69, 9.17) is 4.74 Å². The van der Waals surface area contributed by atoms with Crippen LogP contribution in [0.15, 0.2) is 58.2 Å². The maximum Gasteiger partial charge on any atom is 0.244 e. The van der Waals surface area contributed by atoms with Gasteiger partial charge in [0.15, 0.2) is 5.82 Å². The summed E-state index contributed by atoms with van der Waals surface area (Å²) in [4.78, 5) is 0.0899. The zero-order valence-corrected chi connectivity index (χ0v) is 17.4. The Balaban J connectivity index is 1.57.